The third-order valence-electron chi connectivity index (χ3n) is 4.92. The molecule has 2 rings (SSSR count). The summed E-state index contributed by atoms with van der Waals surface area (Å²) in [5.74, 6) is 0.423. The molecular weight excluding hydrogens is 368 g/mol. The van der Waals surface area contributed by atoms with Gasteiger partial charge in [0.15, 0.2) is 5.78 Å². The average molecular weight is 397 g/mol. The number of rotatable bonds is 8. The largest absolute Gasteiger partial charge is 0.413 e. The molecule has 3 unspecified atom stereocenters. The Bertz CT molecular complexity index is 647. The van der Waals surface area contributed by atoms with Crippen LogP contribution in [0.1, 0.15) is 40.5 Å². The van der Waals surface area contributed by atoms with Gasteiger partial charge in [0.05, 0.1) is 6.10 Å². The second kappa shape index (κ2) is 9.85. The number of thiophene rings is 1. The number of hydrogen-bond donors (Lipinski definition) is 2. The van der Waals surface area contributed by atoms with Crippen LogP contribution < -0.4 is 15.4 Å². The SMILES string of the molecule is CCC1OCC(=O)C1NC(=O)[C@H](CC(C)C(C)C)NC(=O)Oc1ccsc1. The lowest BCUT2D eigenvalue weighted by atomic mass is 9.90. The molecule has 1 saturated heterocycles. The van der Waals surface area contributed by atoms with Crippen LogP contribution in [0.5, 0.6) is 5.75 Å². The molecule has 2 N–H and O–H groups in total. The van der Waals surface area contributed by atoms with Gasteiger partial charge < -0.3 is 20.1 Å². The summed E-state index contributed by atoms with van der Waals surface area (Å²) in [5.41, 5.74) is 0. The Kier molecular flexibility index (Phi) is 7.79. The highest BCUT2D eigenvalue weighted by Crippen LogP contribution is 2.19. The lowest BCUT2D eigenvalue weighted by Gasteiger charge is -2.25. The molecule has 0 aromatic carbocycles. The molecule has 0 radical (unpaired) electrons. The quantitative estimate of drug-likeness (QED) is 0.705. The van der Waals surface area contributed by atoms with Gasteiger partial charge in [-0.1, -0.05) is 27.7 Å². The molecule has 27 heavy (non-hydrogen) atoms. The zero-order chi connectivity index (χ0) is 20.0. The Labute approximate surface area is 163 Å². The molecule has 8 heteroatoms. The standard InChI is InChI=1S/C19H28N2O5S/c1-5-16-17(15(22)9-25-16)21-18(23)14(8-12(4)11(2)3)20-19(24)26-13-6-7-27-10-13/h6-7,10-12,14,16-17H,5,8-9H2,1-4H3,(H,20,24)(H,21,23)/t12?,14-,16?,17?/m0/s1. The fourth-order valence-electron chi connectivity index (χ4n) is 2.83. The Morgan fingerprint density at radius 1 is 1.37 bits per heavy atom. The van der Waals surface area contributed by atoms with Gasteiger partial charge in [0.2, 0.25) is 5.91 Å². The molecule has 1 aliphatic heterocycles. The molecule has 0 saturated carbocycles. The van der Waals surface area contributed by atoms with Gasteiger partial charge in [0.1, 0.15) is 24.4 Å². The van der Waals surface area contributed by atoms with E-state index < -0.39 is 24.1 Å². The van der Waals surface area contributed by atoms with E-state index in [0.29, 0.717) is 24.5 Å². The van der Waals surface area contributed by atoms with Crippen LogP contribution >= 0.6 is 11.3 Å². The number of carbonyl (C=O) groups excluding carboxylic acids is 3. The maximum atomic E-state index is 12.8. The number of hydrogen-bond acceptors (Lipinski definition) is 6. The Hall–Kier alpha value is -1.93. The summed E-state index contributed by atoms with van der Waals surface area (Å²) < 4.78 is 10.6. The van der Waals surface area contributed by atoms with E-state index in [1.165, 1.54) is 11.3 Å². The van der Waals surface area contributed by atoms with E-state index in [0.717, 1.165) is 0 Å². The van der Waals surface area contributed by atoms with Crippen LogP contribution in [0.3, 0.4) is 0 Å². The third kappa shape index (κ3) is 6.04. The van der Waals surface area contributed by atoms with Crippen molar-refractivity contribution in [2.24, 2.45) is 11.8 Å². The fraction of sp³-hybridized carbons (Fsp3) is 0.632. The summed E-state index contributed by atoms with van der Waals surface area (Å²) in [6, 6.07) is 0.213. The van der Waals surface area contributed by atoms with Gasteiger partial charge in [-0.2, -0.15) is 0 Å². The number of Topliss-reactive ketones (excluding diaryl/α,β-unsaturated/α-hetero) is 1. The van der Waals surface area contributed by atoms with Crippen molar-refractivity contribution < 1.29 is 23.9 Å². The van der Waals surface area contributed by atoms with E-state index in [9.17, 15) is 14.4 Å². The van der Waals surface area contributed by atoms with E-state index >= 15 is 0 Å². The highest BCUT2D eigenvalue weighted by molar-refractivity contribution is 7.08. The molecule has 7 nitrogen and oxygen atoms in total. The molecule has 0 bridgehead atoms. The predicted molar refractivity (Wildman–Crippen MR) is 103 cm³/mol. The van der Waals surface area contributed by atoms with Gasteiger partial charge in [0.25, 0.3) is 0 Å². The number of ether oxygens (including phenoxy) is 2. The molecule has 150 valence electrons. The Balaban J connectivity index is 2.04. The minimum atomic E-state index is -0.792. The van der Waals surface area contributed by atoms with Crippen LogP contribution in [-0.2, 0) is 14.3 Å². The summed E-state index contributed by atoms with van der Waals surface area (Å²) in [4.78, 5) is 37.0. The van der Waals surface area contributed by atoms with Crippen LogP contribution in [0.2, 0.25) is 0 Å². The molecular formula is C19H28N2O5S. The van der Waals surface area contributed by atoms with Crippen molar-refractivity contribution in [1.29, 1.82) is 0 Å². The number of carbonyl (C=O) groups is 3. The Morgan fingerprint density at radius 3 is 2.70 bits per heavy atom. The molecule has 2 heterocycles. The molecule has 1 aromatic heterocycles. The normalized spacial score (nSPS) is 21.7. The fourth-order valence-corrected chi connectivity index (χ4v) is 3.38. The smallest absolute Gasteiger partial charge is 0.409 e. The molecule has 1 aromatic rings. The first-order chi connectivity index (χ1) is 12.8. The van der Waals surface area contributed by atoms with Crippen LogP contribution in [0, 0.1) is 11.8 Å². The van der Waals surface area contributed by atoms with E-state index in [-0.39, 0.29) is 24.4 Å². The topological polar surface area (TPSA) is 93.7 Å². The van der Waals surface area contributed by atoms with E-state index in [2.05, 4.69) is 24.5 Å². The first kappa shape index (κ1) is 21.4. The first-order valence-corrected chi connectivity index (χ1v) is 10.2. The van der Waals surface area contributed by atoms with Crippen molar-refractivity contribution >= 4 is 29.1 Å². The second-order valence-electron chi connectivity index (χ2n) is 7.21. The lowest BCUT2D eigenvalue weighted by Crippen LogP contribution is -2.54. The summed E-state index contributed by atoms with van der Waals surface area (Å²) in [5, 5.41) is 8.89. The molecule has 1 aliphatic rings. The summed E-state index contributed by atoms with van der Waals surface area (Å²) in [6.45, 7) is 8.05. The summed E-state index contributed by atoms with van der Waals surface area (Å²) >= 11 is 1.41. The van der Waals surface area contributed by atoms with Crippen LogP contribution in [0.4, 0.5) is 4.79 Å². The predicted octanol–water partition coefficient (Wildman–Crippen LogP) is 2.75. The van der Waals surface area contributed by atoms with Gasteiger partial charge in [-0.3, -0.25) is 9.59 Å². The van der Waals surface area contributed by atoms with Crippen molar-refractivity contribution in [1.82, 2.24) is 10.6 Å². The zero-order valence-electron chi connectivity index (χ0n) is 16.2. The minimum absolute atomic E-state index is 0.00411. The lowest BCUT2D eigenvalue weighted by molar-refractivity contribution is -0.128. The third-order valence-corrected chi connectivity index (χ3v) is 5.58. The van der Waals surface area contributed by atoms with Crippen molar-refractivity contribution in [2.45, 2.75) is 58.7 Å². The van der Waals surface area contributed by atoms with E-state index in [1.807, 2.05) is 13.8 Å². The minimum Gasteiger partial charge on any atom is -0.409 e. The van der Waals surface area contributed by atoms with Gasteiger partial charge in [-0.05, 0) is 36.1 Å². The van der Waals surface area contributed by atoms with Crippen molar-refractivity contribution in [3.8, 4) is 5.75 Å². The number of amides is 2. The average Bonchev–Trinajstić information content (AvgIpc) is 3.24. The monoisotopic (exact) mass is 396 g/mol. The van der Waals surface area contributed by atoms with Crippen molar-refractivity contribution in [2.75, 3.05) is 6.61 Å². The molecule has 0 aliphatic carbocycles. The maximum Gasteiger partial charge on any atom is 0.413 e. The highest BCUT2D eigenvalue weighted by atomic mass is 32.1. The molecule has 1 fully saturated rings. The maximum absolute atomic E-state index is 12.8. The van der Waals surface area contributed by atoms with Crippen LogP contribution in [-0.4, -0.2) is 42.6 Å². The summed E-state index contributed by atoms with van der Waals surface area (Å²) in [6.07, 6.45) is 0.0472. The second-order valence-corrected chi connectivity index (χ2v) is 7.99. The van der Waals surface area contributed by atoms with Gasteiger partial charge >= 0.3 is 6.09 Å². The van der Waals surface area contributed by atoms with Crippen molar-refractivity contribution in [3.05, 3.63) is 16.8 Å². The first-order valence-electron chi connectivity index (χ1n) is 9.27. The zero-order valence-corrected chi connectivity index (χ0v) is 17.0. The molecule has 0 spiro atoms. The van der Waals surface area contributed by atoms with Gasteiger partial charge in [-0.15, -0.1) is 11.3 Å². The molecule has 4 atom stereocenters. The highest BCUT2D eigenvalue weighted by Gasteiger charge is 2.37. The van der Waals surface area contributed by atoms with Crippen molar-refractivity contribution in [3.63, 3.8) is 0 Å². The number of nitrogens with one attached hydrogen (secondary N) is 2. The molecule has 2 amide bonds. The van der Waals surface area contributed by atoms with Crippen LogP contribution in [0.15, 0.2) is 16.8 Å². The number of ketones is 1. The van der Waals surface area contributed by atoms with Gasteiger partial charge in [-0.25, -0.2) is 4.79 Å². The Morgan fingerprint density at radius 2 is 2.11 bits per heavy atom. The summed E-state index contributed by atoms with van der Waals surface area (Å²) in [7, 11) is 0. The van der Waals surface area contributed by atoms with E-state index in [4.69, 9.17) is 9.47 Å². The van der Waals surface area contributed by atoms with Crippen LogP contribution in [0.25, 0.3) is 0 Å². The van der Waals surface area contributed by atoms with Gasteiger partial charge in [0, 0.05) is 5.38 Å². The van der Waals surface area contributed by atoms with E-state index in [1.54, 1.807) is 16.8 Å².